The van der Waals surface area contributed by atoms with Crippen LogP contribution in [-0.2, 0) is 4.74 Å². The number of aromatic nitrogens is 2. The number of rotatable bonds is 10. The summed E-state index contributed by atoms with van der Waals surface area (Å²) in [5.74, 6) is 2.51. The van der Waals surface area contributed by atoms with Gasteiger partial charge >= 0.3 is 0 Å². The van der Waals surface area contributed by atoms with Crippen LogP contribution in [0.15, 0.2) is 12.4 Å². The van der Waals surface area contributed by atoms with Crippen molar-refractivity contribution in [3.8, 4) is 0 Å². The van der Waals surface area contributed by atoms with E-state index in [0.29, 0.717) is 5.02 Å². The van der Waals surface area contributed by atoms with Gasteiger partial charge in [-0.1, -0.05) is 23.5 Å². The predicted molar refractivity (Wildman–Crippen MR) is 122 cm³/mol. The fourth-order valence-electron chi connectivity index (χ4n) is 4.40. The van der Waals surface area contributed by atoms with E-state index in [-0.39, 0.29) is 0 Å². The highest BCUT2D eigenvalue weighted by molar-refractivity contribution is 7.97. The number of hydrogen-bond donors (Lipinski definition) is 0. The lowest BCUT2D eigenvalue weighted by Crippen LogP contribution is -2.34. The molecule has 0 bridgehead atoms. The number of piperidine rings is 2. The second-order valence-corrected chi connectivity index (χ2v) is 10.7. The van der Waals surface area contributed by atoms with Crippen LogP contribution >= 0.6 is 23.5 Å². The van der Waals surface area contributed by atoms with Crippen LogP contribution in [0.4, 0.5) is 5.95 Å². The molecule has 29 heavy (non-hydrogen) atoms. The minimum Gasteiger partial charge on any atom is -0.381 e. The smallest absolute Gasteiger partial charge is 0.225 e. The molecular formula is C22H35ClN4OS. The molecule has 1 saturated carbocycles. The van der Waals surface area contributed by atoms with E-state index in [1.165, 1.54) is 70.9 Å². The van der Waals surface area contributed by atoms with Crippen molar-refractivity contribution in [2.45, 2.75) is 63.0 Å². The molecule has 4 rings (SSSR count). The first-order valence-corrected chi connectivity index (χ1v) is 12.7. The number of nitrogens with zero attached hydrogens (tertiary/aromatic N) is 4. The molecule has 0 aromatic carbocycles. The van der Waals surface area contributed by atoms with E-state index in [4.69, 9.17) is 16.3 Å². The molecule has 0 amide bonds. The summed E-state index contributed by atoms with van der Waals surface area (Å²) in [6, 6.07) is 0. The van der Waals surface area contributed by atoms with Gasteiger partial charge < -0.3 is 9.64 Å². The largest absolute Gasteiger partial charge is 0.381 e. The molecule has 0 N–H and O–H groups in total. The molecule has 5 nitrogen and oxygen atoms in total. The zero-order valence-electron chi connectivity index (χ0n) is 17.5. The average Bonchev–Trinajstić information content (AvgIpc) is 3.57. The van der Waals surface area contributed by atoms with E-state index in [9.17, 15) is 0 Å². The van der Waals surface area contributed by atoms with E-state index < -0.39 is 0 Å². The highest BCUT2D eigenvalue weighted by Gasteiger charge is 2.28. The molecule has 3 aliphatic rings. The van der Waals surface area contributed by atoms with Crippen LogP contribution in [-0.4, -0.2) is 58.9 Å². The minimum atomic E-state index is 0.599. The van der Waals surface area contributed by atoms with Crippen molar-refractivity contribution in [2.24, 2.45) is 11.8 Å². The van der Waals surface area contributed by atoms with Gasteiger partial charge in [-0.2, -0.15) is 0 Å². The predicted octanol–water partition coefficient (Wildman–Crippen LogP) is 5.06. The molecule has 3 fully saturated rings. The van der Waals surface area contributed by atoms with Crippen molar-refractivity contribution in [3.63, 3.8) is 0 Å². The Balaban J connectivity index is 1.00. The summed E-state index contributed by atoms with van der Waals surface area (Å²) in [7, 11) is 0. The molecule has 0 unspecified atom stereocenters. The molecular weight excluding hydrogens is 404 g/mol. The molecule has 0 radical (unpaired) electrons. The molecule has 1 aromatic rings. The molecule has 162 valence electrons. The molecule has 0 atom stereocenters. The van der Waals surface area contributed by atoms with Crippen molar-refractivity contribution < 1.29 is 4.74 Å². The third-order valence-corrected chi connectivity index (χ3v) is 8.10. The number of hydrogen-bond acceptors (Lipinski definition) is 6. The van der Waals surface area contributed by atoms with Crippen LogP contribution in [0.5, 0.6) is 0 Å². The molecule has 1 aliphatic carbocycles. The third-order valence-electron chi connectivity index (χ3n) is 6.47. The van der Waals surface area contributed by atoms with Gasteiger partial charge in [-0.3, -0.25) is 4.31 Å². The van der Waals surface area contributed by atoms with Gasteiger partial charge in [0.05, 0.1) is 17.4 Å². The summed E-state index contributed by atoms with van der Waals surface area (Å²) in [6.07, 6.45) is 15.1. The second kappa shape index (κ2) is 11.2. The Morgan fingerprint density at radius 1 is 0.897 bits per heavy atom. The Morgan fingerprint density at radius 2 is 1.55 bits per heavy atom. The van der Waals surface area contributed by atoms with Gasteiger partial charge in [0.2, 0.25) is 5.95 Å². The van der Waals surface area contributed by atoms with Crippen molar-refractivity contribution >= 4 is 29.5 Å². The lowest BCUT2D eigenvalue weighted by Gasteiger charge is -2.32. The normalized spacial score (nSPS) is 22.3. The van der Waals surface area contributed by atoms with Crippen LogP contribution in [0.3, 0.4) is 0 Å². The lowest BCUT2D eigenvalue weighted by molar-refractivity contribution is 0.104. The van der Waals surface area contributed by atoms with Crippen LogP contribution in [0, 0.1) is 11.8 Å². The number of anilines is 1. The van der Waals surface area contributed by atoms with E-state index in [1.807, 2.05) is 0 Å². The topological polar surface area (TPSA) is 41.5 Å². The zero-order valence-corrected chi connectivity index (χ0v) is 19.0. The number of halogens is 1. The Hall–Kier alpha value is -0.560. The Labute approximate surface area is 185 Å². The quantitative estimate of drug-likeness (QED) is 0.376. The van der Waals surface area contributed by atoms with Gasteiger partial charge in [-0.05, 0) is 69.6 Å². The fourth-order valence-corrected chi connectivity index (χ4v) is 5.69. The summed E-state index contributed by atoms with van der Waals surface area (Å²) in [5, 5.41) is 1.55. The van der Waals surface area contributed by atoms with Gasteiger partial charge in [0.15, 0.2) is 0 Å². The lowest BCUT2D eigenvalue weighted by atomic mass is 9.92. The van der Waals surface area contributed by atoms with Crippen molar-refractivity contribution in [3.05, 3.63) is 17.4 Å². The SMILES string of the molecule is Clc1cnc(N2CCC(CCCOCCC3CCN(SC4CC4)CC3)CC2)nc1. The Morgan fingerprint density at radius 3 is 2.24 bits per heavy atom. The van der Waals surface area contributed by atoms with Gasteiger partial charge in [0.25, 0.3) is 0 Å². The van der Waals surface area contributed by atoms with Crippen molar-refractivity contribution in [1.29, 1.82) is 0 Å². The summed E-state index contributed by atoms with van der Waals surface area (Å²) >= 11 is 8.00. The van der Waals surface area contributed by atoms with Gasteiger partial charge in [0.1, 0.15) is 0 Å². The molecule has 2 aliphatic heterocycles. The summed E-state index contributed by atoms with van der Waals surface area (Å²) in [5.41, 5.74) is 0. The van der Waals surface area contributed by atoms with E-state index in [2.05, 4.69) is 31.1 Å². The maximum Gasteiger partial charge on any atom is 0.225 e. The molecule has 1 aromatic heterocycles. The first kappa shape index (κ1) is 21.7. The molecule has 2 saturated heterocycles. The molecule has 0 spiro atoms. The van der Waals surface area contributed by atoms with Crippen molar-refractivity contribution in [2.75, 3.05) is 44.3 Å². The standard InChI is InChI=1S/C22H35ClN4OS/c23-20-16-24-22(25-17-20)26-10-5-18(6-11-26)2-1-14-28-15-9-19-7-12-27(13-8-19)29-21-3-4-21/h16-19,21H,1-15H2. The maximum absolute atomic E-state index is 5.97. The molecule has 7 heteroatoms. The Kier molecular flexibility index (Phi) is 8.34. The first-order chi connectivity index (χ1) is 14.3. The highest BCUT2D eigenvalue weighted by Crippen LogP contribution is 2.38. The monoisotopic (exact) mass is 438 g/mol. The Bertz CT molecular complexity index is 599. The average molecular weight is 439 g/mol. The van der Waals surface area contributed by atoms with Crippen LogP contribution in [0.2, 0.25) is 5.02 Å². The summed E-state index contributed by atoms with van der Waals surface area (Å²) in [6.45, 7) is 6.54. The van der Waals surface area contributed by atoms with Gasteiger partial charge in [-0.25, -0.2) is 9.97 Å². The van der Waals surface area contributed by atoms with Crippen molar-refractivity contribution in [1.82, 2.24) is 14.3 Å². The third kappa shape index (κ3) is 7.27. The second-order valence-electron chi connectivity index (χ2n) is 8.85. The van der Waals surface area contributed by atoms with Gasteiger partial charge in [-0.15, -0.1) is 0 Å². The minimum absolute atomic E-state index is 0.599. The summed E-state index contributed by atoms with van der Waals surface area (Å²) in [4.78, 5) is 11.0. The van der Waals surface area contributed by atoms with E-state index in [0.717, 1.165) is 49.3 Å². The van der Waals surface area contributed by atoms with Crippen LogP contribution in [0.25, 0.3) is 0 Å². The van der Waals surface area contributed by atoms with Crippen LogP contribution < -0.4 is 4.90 Å². The first-order valence-electron chi connectivity index (χ1n) is 11.5. The van der Waals surface area contributed by atoms with Gasteiger partial charge in [0, 0.05) is 44.6 Å². The highest BCUT2D eigenvalue weighted by atomic mass is 35.5. The zero-order chi connectivity index (χ0) is 19.9. The van der Waals surface area contributed by atoms with Crippen LogP contribution in [0.1, 0.15) is 57.8 Å². The maximum atomic E-state index is 5.97. The fraction of sp³-hybridized carbons (Fsp3) is 0.818. The van der Waals surface area contributed by atoms with E-state index in [1.54, 1.807) is 12.4 Å². The van der Waals surface area contributed by atoms with E-state index >= 15 is 0 Å². The number of ether oxygens (including phenoxy) is 1. The molecule has 3 heterocycles. The summed E-state index contributed by atoms with van der Waals surface area (Å²) < 4.78 is 8.58.